The number of imide groups is 1. The predicted molar refractivity (Wildman–Crippen MR) is 103 cm³/mol. The lowest BCUT2D eigenvalue weighted by Gasteiger charge is -2.37. The Morgan fingerprint density at radius 2 is 1.93 bits per heavy atom. The molecule has 1 aromatic carbocycles. The predicted octanol–water partition coefficient (Wildman–Crippen LogP) is 2.54. The van der Waals surface area contributed by atoms with Crippen molar-refractivity contribution in [2.45, 2.75) is 58.4 Å². The molecule has 0 bridgehead atoms. The first-order valence-corrected chi connectivity index (χ1v) is 9.84. The van der Waals surface area contributed by atoms with Crippen molar-refractivity contribution in [2.24, 2.45) is 5.41 Å². The Morgan fingerprint density at radius 1 is 1.22 bits per heavy atom. The third-order valence-corrected chi connectivity index (χ3v) is 6.00. The van der Waals surface area contributed by atoms with Crippen molar-refractivity contribution >= 4 is 17.8 Å². The van der Waals surface area contributed by atoms with E-state index in [1.807, 2.05) is 31.2 Å². The van der Waals surface area contributed by atoms with Gasteiger partial charge in [-0.1, -0.05) is 50.5 Å². The average Bonchev–Trinajstić information content (AvgIpc) is 2.93. The largest absolute Gasteiger partial charge is 0.354 e. The summed E-state index contributed by atoms with van der Waals surface area (Å²) in [7, 11) is 0. The molecule has 1 atom stereocenters. The normalized spacial score (nSPS) is 21.9. The van der Waals surface area contributed by atoms with Crippen LogP contribution in [0.25, 0.3) is 0 Å². The van der Waals surface area contributed by atoms with Crippen molar-refractivity contribution < 1.29 is 14.4 Å². The average molecular weight is 371 g/mol. The van der Waals surface area contributed by atoms with Crippen LogP contribution in [0.1, 0.15) is 50.2 Å². The number of rotatable bonds is 6. The summed E-state index contributed by atoms with van der Waals surface area (Å²) in [6, 6.07) is 7.07. The number of nitrogens with one attached hydrogen (secondary N) is 2. The Morgan fingerprint density at radius 3 is 2.63 bits per heavy atom. The zero-order valence-corrected chi connectivity index (χ0v) is 16.2. The number of carbonyl (C=O) groups excluding carboxylic acids is 3. The quantitative estimate of drug-likeness (QED) is 0.755. The van der Waals surface area contributed by atoms with E-state index >= 15 is 0 Å². The van der Waals surface area contributed by atoms with Gasteiger partial charge < -0.3 is 10.6 Å². The van der Waals surface area contributed by atoms with Crippen molar-refractivity contribution in [3.8, 4) is 0 Å². The van der Waals surface area contributed by atoms with Gasteiger partial charge in [0.25, 0.3) is 5.91 Å². The van der Waals surface area contributed by atoms with Gasteiger partial charge in [-0.15, -0.1) is 0 Å². The molecule has 6 heteroatoms. The number of carbonyl (C=O) groups is 3. The number of nitrogens with zero attached hydrogens (tertiary/aromatic N) is 1. The van der Waals surface area contributed by atoms with E-state index in [9.17, 15) is 14.4 Å². The molecule has 0 aromatic heterocycles. The summed E-state index contributed by atoms with van der Waals surface area (Å²) in [5.74, 6) is -0.569. The summed E-state index contributed by atoms with van der Waals surface area (Å²) in [4.78, 5) is 38.3. The molecule has 1 aromatic rings. The lowest BCUT2D eigenvalue weighted by Crippen LogP contribution is -2.46. The van der Waals surface area contributed by atoms with Crippen LogP contribution in [0.3, 0.4) is 0 Å². The highest BCUT2D eigenvalue weighted by molar-refractivity contribution is 6.06. The van der Waals surface area contributed by atoms with Gasteiger partial charge in [-0.3, -0.25) is 14.5 Å². The van der Waals surface area contributed by atoms with E-state index in [4.69, 9.17) is 0 Å². The Labute approximate surface area is 160 Å². The van der Waals surface area contributed by atoms with Gasteiger partial charge in [0.2, 0.25) is 5.91 Å². The molecule has 3 rings (SSSR count). The third-order valence-electron chi connectivity index (χ3n) is 6.00. The van der Waals surface area contributed by atoms with E-state index in [1.54, 1.807) is 0 Å². The molecule has 1 saturated carbocycles. The van der Waals surface area contributed by atoms with Crippen molar-refractivity contribution in [1.82, 2.24) is 15.5 Å². The first-order valence-electron chi connectivity index (χ1n) is 9.84. The van der Waals surface area contributed by atoms with Gasteiger partial charge in [0.1, 0.15) is 12.6 Å². The molecular weight excluding hydrogens is 342 g/mol. The number of hydrogen-bond donors (Lipinski definition) is 2. The minimum absolute atomic E-state index is 0.207. The molecule has 27 heavy (non-hydrogen) atoms. The first-order chi connectivity index (χ1) is 12.9. The molecule has 2 N–H and O–H groups in total. The maximum Gasteiger partial charge on any atom is 0.325 e. The minimum Gasteiger partial charge on any atom is -0.354 e. The molecule has 1 aliphatic carbocycles. The van der Waals surface area contributed by atoms with Crippen LogP contribution in [0.15, 0.2) is 24.3 Å². The van der Waals surface area contributed by atoms with Crippen LogP contribution in [-0.2, 0) is 16.0 Å². The smallest absolute Gasteiger partial charge is 0.325 e. The van der Waals surface area contributed by atoms with Crippen LogP contribution in [0, 0.1) is 12.3 Å². The van der Waals surface area contributed by atoms with E-state index in [0.29, 0.717) is 6.54 Å². The van der Waals surface area contributed by atoms with E-state index in [1.165, 1.54) is 17.5 Å². The molecule has 1 saturated heterocycles. The highest BCUT2D eigenvalue weighted by atomic mass is 16.2. The van der Waals surface area contributed by atoms with E-state index in [2.05, 4.69) is 17.6 Å². The highest BCUT2D eigenvalue weighted by Gasteiger charge is 2.49. The Kier molecular flexibility index (Phi) is 5.82. The summed E-state index contributed by atoms with van der Waals surface area (Å²) in [6.07, 6.45) is 5.92. The standard InChI is InChI=1S/C21H29N3O3/c1-15-8-4-5-9-16(15)10-13-22-17(25)14-24-19(26)18(23-20(24)27)21(2)11-6-3-7-12-21/h4-5,8-9,18H,3,6-7,10-14H2,1-2H3,(H,22,25)(H,23,27). The maximum atomic E-state index is 12.8. The van der Waals surface area contributed by atoms with Crippen LogP contribution in [0.5, 0.6) is 0 Å². The van der Waals surface area contributed by atoms with Gasteiger partial charge in [0, 0.05) is 6.54 Å². The fourth-order valence-electron chi connectivity index (χ4n) is 4.22. The summed E-state index contributed by atoms with van der Waals surface area (Å²) in [5.41, 5.74) is 2.16. The maximum absolute atomic E-state index is 12.8. The van der Waals surface area contributed by atoms with Gasteiger partial charge in [-0.25, -0.2) is 4.79 Å². The van der Waals surface area contributed by atoms with Crippen LogP contribution in [0.4, 0.5) is 4.79 Å². The van der Waals surface area contributed by atoms with Crippen LogP contribution >= 0.6 is 0 Å². The Balaban J connectivity index is 1.52. The molecule has 2 fully saturated rings. The fourth-order valence-corrected chi connectivity index (χ4v) is 4.22. The molecule has 0 radical (unpaired) electrons. The number of hydrogen-bond acceptors (Lipinski definition) is 3. The molecule has 1 heterocycles. The van der Waals surface area contributed by atoms with Crippen molar-refractivity contribution in [3.63, 3.8) is 0 Å². The molecule has 0 spiro atoms. The second-order valence-electron chi connectivity index (χ2n) is 8.05. The van der Waals surface area contributed by atoms with E-state index in [0.717, 1.165) is 37.0 Å². The second kappa shape index (κ2) is 8.11. The number of amides is 4. The van der Waals surface area contributed by atoms with Gasteiger partial charge in [-0.05, 0) is 42.7 Å². The van der Waals surface area contributed by atoms with Gasteiger partial charge in [0.05, 0.1) is 0 Å². The lowest BCUT2D eigenvalue weighted by atomic mass is 9.70. The van der Waals surface area contributed by atoms with Crippen LogP contribution in [-0.4, -0.2) is 41.9 Å². The molecule has 1 unspecified atom stereocenters. The van der Waals surface area contributed by atoms with Gasteiger partial charge in [0.15, 0.2) is 0 Å². The highest BCUT2D eigenvalue weighted by Crippen LogP contribution is 2.40. The molecule has 146 valence electrons. The summed E-state index contributed by atoms with van der Waals surface area (Å²) in [5, 5.41) is 5.63. The zero-order valence-electron chi connectivity index (χ0n) is 16.2. The molecule has 1 aliphatic heterocycles. The lowest BCUT2D eigenvalue weighted by molar-refractivity contribution is -0.134. The summed E-state index contributed by atoms with van der Waals surface area (Å²) in [6.45, 7) is 4.37. The number of aryl methyl sites for hydroxylation is 1. The summed E-state index contributed by atoms with van der Waals surface area (Å²) < 4.78 is 0. The van der Waals surface area contributed by atoms with Gasteiger partial charge in [-0.2, -0.15) is 0 Å². The second-order valence-corrected chi connectivity index (χ2v) is 8.05. The van der Waals surface area contributed by atoms with Gasteiger partial charge >= 0.3 is 6.03 Å². The van der Waals surface area contributed by atoms with Crippen molar-refractivity contribution in [3.05, 3.63) is 35.4 Å². The van der Waals surface area contributed by atoms with Crippen LogP contribution in [0.2, 0.25) is 0 Å². The SMILES string of the molecule is Cc1ccccc1CCNC(=O)CN1C(=O)NC(C2(C)CCCCC2)C1=O. The fraction of sp³-hybridized carbons (Fsp3) is 0.571. The number of urea groups is 1. The topological polar surface area (TPSA) is 78.5 Å². The van der Waals surface area contributed by atoms with Crippen molar-refractivity contribution in [2.75, 3.05) is 13.1 Å². The van der Waals surface area contributed by atoms with Crippen molar-refractivity contribution in [1.29, 1.82) is 0 Å². The Bertz CT molecular complexity index is 725. The Hall–Kier alpha value is -2.37. The minimum atomic E-state index is -0.509. The van der Waals surface area contributed by atoms with Crippen LogP contribution < -0.4 is 10.6 Å². The first kappa shape index (κ1) is 19.4. The summed E-state index contributed by atoms with van der Waals surface area (Å²) >= 11 is 0. The molecular formula is C21H29N3O3. The monoisotopic (exact) mass is 371 g/mol. The third kappa shape index (κ3) is 4.31. The zero-order chi connectivity index (χ0) is 19.4. The number of benzene rings is 1. The van der Waals surface area contributed by atoms with E-state index < -0.39 is 12.1 Å². The molecule has 6 nitrogen and oxygen atoms in total. The molecule has 4 amide bonds. The van der Waals surface area contributed by atoms with E-state index in [-0.39, 0.29) is 23.8 Å². The molecule has 2 aliphatic rings.